The molecule has 1 aliphatic rings. The van der Waals surface area contributed by atoms with E-state index < -0.39 is 10.0 Å². The molecule has 1 fully saturated rings. The zero-order chi connectivity index (χ0) is 13.7. The molecule has 0 aliphatic heterocycles. The molecular formula is C14H22N2O2S. The van der Waals surface area contributed by atoms with Crippen molar-refractivity contribution >= 4 is 10.0 Å². The largest absolute Gasteiger partial charge is 0.329 e. The fourth-order valence-electron chi connectivity index (χ4n) is 2.36. The van der Waals surface area contributed by atoms with Gasteiger partial charge in [0.25, 0.3) is 0 Å². The first-order chi connectivity index (χ1) is 9.13. The van der Waals surface area contributed by atoms with E-state index in [2.05, 4.69) is 0 Å². The minimum atomic E-state index is -3.19. The summed E-state index contributed by atoms with van der Waals surface area (Å²) in [5.74, 6) is 0.174. The zero-order valence-electron chi connectivity index (χ0n) is 11.2. The lowest BCUT2D eigenvalue weighted by molar-refractivity contribution is 0.223. The van der Waals surface area contributed by atoms with E-state index in [0.717, 1.165) is 24.8 Å². The average molecular weight is 282 g/mol. The van der Waals surface area contributed by atoms with E-state index >= 15 is 0 Å². The van der Waals surface area contributed by atoms with Crippen LogP contribution in [-0.2, 0) is 16.4 Å². The molecule has 5 heteroatoms. The third-order valence-corrected chi connectivity index (χ3v) is 5.60. The highest BCUT2D eigenvalue weighted by molar-refractivity contribution is 7.89. The molecule has 0 spiro atoms. The Bertz CT molecular complexity index is 483. The molecule has 1 aromatic rings. The predicted molar refractivity (Wildman–Crippen MR) is 77.3 cm³/mol. The van der Waals surface area contributed by atoms with Gasteiger partial charge in [0.15, 0.2) is 0 Å². The van der Waals surface area contributed by atoms with Crippen LogP contribution in [0.25, 0.3) is 0 Å². The lowest BCUT2D eigenvalue weighted by Crippen LogP contribution is -2.47. The average Bonchev–Trinajstić information content (AvgIpc) is 2.35. The predicted octanol–water partition coefficient (Wildman–Crippen LogP) is 1.37. The monoisotopic (exact) mass is 282 g/mol. The Morgan fingerprint density at radius 3 is 2.42 bits per heavy atom. The summed E-state index contributed by atoms with van der Waals surface area (Å²) in [7, 11) is -3.19. The van der Waals surface area contributed by atoms with Gasteiger partial charge >= 0.3 is 0 Å². The number of hydrogen-bond acceptors (Lipinski definition) is 3. The first-order valence-corrected chi connectivity index (χ1v) is 8.48. The summed E-state index contributed by atoms with van der Waals surface area (Å²) >= 11 is 0. The molecule has 106 valence electrons. The fraction of sp³-hybridized carbons (Fsp3) is 0.571. The van der Waals surface area contributed by atoms with E-state index in [4.69, 9.17) is 5.73 Å². The van der Waals surface area contributed by atoms with Crippen LogP contribution in [0.4, 0.5) is 0 Å². The van der Waals surface area contributed by atoms with Gasteiger partial charge in [-0.15, -0.1) is 0 Å². The van der Waals surface area contributed by atoms with Gasteiger partial charge in [0.05, 0.1) is 5.75 Å². The van der Waals surface area contributed by atoms with Gasteiger partial charge in [-0.2, -0.15) is 4.31 Å². The van der Waals surface area contributed by atoms with Gasteiger partial charge in [-0.25, -0.2) is 8.42 Å². The van der Waals surface area contributed by atoms with Crippen molar-refractivity contribution in [3.63, 3.8) is 0 Å². The smallest absolute Gasteiger partial charge is 0.214 e. The van der Waals surface area contributed by atoms with Gasteiger partial charge < -0.3 is 5.73 Å². The molecular weight excluding hydrogens is 260 g/mol. The topological polar surface area (TPSA) is 63.4 Å². The molecule has 0 atom stereocenters. The molecule has 1 saturated carbocycles. The second-order valence-corrected chi connectivity index (χ2v) is 7.08. The van der Waals surface area contributed by atoms with E-state index in [0.29, 0.717) is 19.5 Å². The van der Waals surface area contributed by atoms with Gasteiger partial charge in [0, 0.05) is 19.1 Å². The molecule has 0 saturated heterocycles. The van der Waals surface area contributed by atoms with Crippen molar-refractivity contribution in [2.75, 3.05) is 18.8 Å². The van der Waals surface area contributed by atoms with Crippen LogP contribution >= 0.6 is 0 Å². The van der Waals surface area contributed by atoms with E-state index in [9.17, 15) is 8.42 Å². The third kappa shape index (κ3) is 3.78. The first kappa shape index (κ1) is 14.5. The standard InChI is InChI=1S/C14H22N2O2S/c15-10-11-16(14-7-4-8-14)19(17,18)12-9-13-5-2-1-3-6-13/h1-3,5-6,14H,4,7-12,15H2. The van der Waals surface area contributed by atoms with Crippen molar-refractivity contribution < 1.29 is 8.42 Å². The van der Waals surface area contributed by atoms with Crippen LogP contribution in [0.15, 0.2) is 30.3 Å². The molecule has 0 radical (unpaired) electrons. The number of hydrogen-bond donors (Lipinski definition) is 1. The SMILES string of the molecule is NCCN(C1CCC1)S(=O)(=O)CCc1ccccc1. The molecule has 2 N–H and O–H groups in total. The van der Waals surface area contributed by atoms with Crippen molar-refractivity contribution in [3.8, 4) is 0 Å². The van der Waals surface area contributed by atoms with Crippen LogP contribution in [-0.4, -0.2) is 37.6 Å². The van der Waals surface area contributed by atoms with Gasteiger partial charge in [0.2, 0.25) is 10.0 Å². The number of sulfonamides is 1. The molecule has 0 amide bonds. The number of rotatable bonds is 7. The van der Waals surface area contributed by atoms with E-state index in [1.807, 2.05) is 30.3 Å². The van der Waals surface area contributed by atoms with Crippen molar-refractivity contribution in [1.82, 2.24) is 4.31 Å². The summed E-state index contributed by atoms with van der Waals surface area (Å²) in [6, 6.07) is 9.92. The molecule has 1 aliphatic carbocycles. The number of nitrogens with two attached hydrogens (primary N) is 1. The number of benzene rings is 1. The molecule has 2 rings (SSSR count). The highest BCUT2D eigenvalue weighted by atomic mass is 32.2. The Labute approximate surface area is 115 Å². The molecule has 1 aromatic carbocycles. The summed E-state index contributed by atoms with van der Waals surface area (Å²) < 4.78 is 26.4. The zero-order valence-corrected chi connectivity index (χ0v) is 12.0. The Kier molecular flexibility index (Phi) is 4.96. The van der Waals surface area contributed by atoms with Gasteiger partial charge in [-0.05, 0) is 24.8 Å². The van der Waals surface area contributed by atoms with E-state index in [1.165, 1.54) is 0 Å². The Morgan fingerprint density at radius 1 is 1.21 bits per heavy atom. The van der Waals surface area contributed by atoms with Gasteiger partial charge in [-0.3, -0.25) is 0 Å². The molecule has 0 aromatic heterocycles. The van der Waals surface area contributed by atoms with E-state index in [-0.39, 0.29) is 11.8 Å². The van der Waals surface area contributed by atoms with Gasteiger partial charge in [-0.1, -0.05) is 36.8 Å². The van der Waals surface area contributed by atoms with Gasteiger partial charge in [0.1, 0.15) is 0 Å². The highest BCUT2D eigenvalue weighted by Gasteiger charge is 2.32. The second-order valence-electron chi connectivity index (χ2n) is 5.04. The summed E-state index contributed by atoms with van der Waals surface area (Å²) in [5.41, 5.74) is 6.61. The maximum absolute atomic E-state index is 12.4. The Morgan fingerprint density at radius 2 is 1.89 bits per heavy atom. The van der Waals surface area contributed by atoms with Crippen LogP contribution in [0.1, 0.15) is 24.8 Å². The normalized spacial score (nSPS) is 16.5. The Balaban J connectivity index is 1.99. The lowest BCUT2D eigenvalue weighted by Gasteiger charge is -2.36. The lowest BCUT2D eigenvalue weighted by atomic mass is 9.93. The molecule has 0 heterocycles. The molecule has 0 unspecified atom stereocenters. The minimum Gasteiger partial charge on any atom is -0.329 e. The molecule has 4 nitrogen and oxygen atoms in total. The quantitative estimate of drug-likeness (QED) is 0.821. The Hall–Kier alpha value is -0.910. The summed E-state index contributed by atoms with van der Waals surface area (Å²) in [5, 5.41) is 0. The van der Waals surface area contributed by atoms with Crippen LogP contribution in [0.2, 0.25) is 0 Å². The fourth-order valence-corrected chi connectivity index (χ4v) is 4.14. The summed E-state index contributed by atoms with van der Waals surface area (Å²) in [4.78, 5) is 0. The maximum Gasteiger partial charge on any atom is 0.214 e. The van der Waals surface area contributed by atoms with Crippen molar-refractivity contribution in [2.45, 2.75) is 31.7 Å². The van der Waals surface area contributed by atoms with Crippen LogP contribution in [0.5, 0.6) is 0 Å². The first-order valence-electron chi connectivity index (χ1n) is 6.87. The van der Waals surface area contributed by atoms with Crippen molar-refractivity contribution in [3.05, 3.63) is 35.9 Å². The second kappa shape index (κ2) is 6.50. The summed E-state index contributed by atoms with van der Waals surface area (Å²) in [6.07, 6.45) is 3.64. The summed E-state index contributed by atoms with van der Waals surface area (Å²) in [6.45, 7) is 0.836. The number of aryl methyl sites for hydroxylation is 1. The van der Waals surface area contributed by atoms with Crippen LogP contribution in [0, 0.1) is 0 Å². The van der Waals surface area contributed by atoms with Crippen LogP contribution in [0.3, 0.4) is 0 Å². The van der Waals surface area contributed by atoms with Crippen molar-refractivity contribution in [1.29, 1.82) is 0 Å². The molecule has 19 heavy (non-hydrogen) atoms. The maximum atomic E-state index is 12.4. The van der Waals surface area contributed by atoms with E-state index in [1.54, 1.807) is 4.31 Å². The van der Waals surface area contributed by atoms with Crippen molar-refractivity contribution in [2.24, 2.45) is 5.73 Å². The highest BCUT2D eigenvalue weighted by Crippen LogP contribution is 2.27. The number of nitrogens with zero attached hydrogens (tertiary/aromatic N) is 1. The minimum absolute atomic E-state index is 0.174. The molecule has 0 bridgehead atoms. The van der Waals surface area contributed by atoms with Crippen LogP contribution < -0.4 is 5.73 Å². The third-order valence-electron chi connectivity index (χ3n) is 3.68.